The summed E-state index contributed by atoms with van der Waals surface area (Å²) < 4.78 is 13.8. The summed E-state index contributed by atoms with van der Waals surface area (Å²) in [4.78, 5) is 0. The van der Waals surface area contributed by atoms with Crippen LogP contribution in [0.25, 0.3) is 0 Å². The zero-order valence-corrected chi connectivity index (χ0v) is 24.6. The van der Waals surface area contributed by atoms with Gasteiger partial charge in [0.2, 0.25) is 0 Å². The Balaban J connectivity index is 0.000000173. The van der Waals surface area contributed by atoms with Gasteiger partial charge in [-0.05, 0) is 49.9 Å². The third-order valence-electron chi connectivity index (χ3n) is 7.49. The smallest absolute Gasteiger partial charge is 0.149 e. The number of rotatable bonds is 6. The van der Waals surface area contributed by atoms with Crippen molar-refractivity contribution in [1.29, 1.82) is 0 Å². The van der Waals surface area contributed by atoms with E-state index in [4.69, 9.17) is 0 Å². The molecular weight excluding hydrogens is 542 g/mol. The van der Waals surface area contributed by atoms with Crippen molar-refractivity contribution in [2.45, 2.75) is 49.8 Å². The molecule has 4 aromatic rings. The second-order valence-electron chi connectivity index (χ2n) is 9.88. The summed E-state index contributed by atoms with van der Waals surface area (Å²) in [5.41, 5.74) is 1.04. The maximum Gasteiger partial charge on any atom is 0.149 e. The van der Waals surface area contributed by atoms with Gasteiger partial charge in [0.15, 0.2) is 0 Å². The van der Waals surface area contributed by atoms with Crippen molar-refractivity contribution in [3.05, 3.63) is 133 Å². The monoisotopic (exact) mass is 578 g/mol. The first kappa shape index (κ1) is 28.8. The molecule has 0 aliphatic heterocycles. The summed E-state index contributed by atoms with van der Waals surface area (Å²) in [6.07, 6.45) is 12.0. The maximum absolute atomic E-state index is 13.8. The molecule has 6 rings (SSSR count). The van der Waals surface area contributed by atoms with Gasteiger partial charge in [-0.25, -0.2) is 0 Å². The van der Waals surface area contributed by atoms with Crippen LogP contribution >= 0.6 is 15.1 Å². The Kier molecular flexibility index (Phi) is 10.8. The standard InChI is InChI=1S/C17H17OP.C17H19P.Fe/c18-19(17-13-7-8-14-17,15-9-3-1-4-10-15)16-11-5-2-6-12-16;1-3-9-15(10-4-1)18(17-13-7-8-14-17)16-11-5-2-6-12-16;/h1-7,9-13,17H,8,14H2;1-6,9-12,17H,7-8,13-14H2;/t17-;;/m0../s1. The van der Waals surface area contributed by atoms with E-state index in [1.807, 2.05) is 60.7 Å². The van der Waals surface area contributed by atoms with Crippen LogP contribution in [-0.4, -0.2) is 11.3 Å². The molecule has 0 radical (unpaired) electrons. The average Bonchev–Trinajstić information content (AvgIpc) is 3.71. The summed E-state index contributed by atoms with van der Waals surface area (Å²) in [5.74, 6) is 0. The van der Waals surface area contributed by atoms with Crippen LogP contribution in [-0.2, 0) is 21.6 Å². The molecule has 0 bridgehead atoms. The summed E-state index contributed by atoms with van der Waals surface area (Å²) in [6, 6.07) is 42.1. The van der Waals surface area contributed by atoms with Crippen LogP contribution < -0.4 is 21.2 Å². The van der Waals surface area contributed by atoms with Crippen molar-refractivity contribution in [3.8, 4) is 0 Å². The van der Waals surface area contributed by atoms with E-state index < -0.39 is 7.14 Å². The minimum atomic E-state index is -2.56. The van der Waals surface area contributed by atoms with Gasteiger partial charge in [-0.3, -0.25) is 0 Å². The Bertz CT molecular complexity index is 1220. The van der Waals surface area contributed by atoms with Gasteiger partial charge in [0.05, 0.1) is 0 Å². The Morgan fingerprint density at radius 1 is 0.579 bits per heavy atom. The largest absolute Gasteiger partial charge is 0.313 e. The number of benzene rings is 4. The van der Waals surface area contributed by atoms with Crippen LogP contribution in [0.1, 0.15) is 38.5 Å². The number of hydrogen-bond acceptors (Lipinski definition) is 1. The van der Waals surface area contributed by atoms with Crippen LogP contribution in [0.5, 0.6) is 0 Å². The van der Waals surface area contributed by atoms with Crippen LogP contribution in [0, 0.1) is 0 Å². The Morgan fingerprint density at radius 2 is 1.00 bits per heavy atom. The van der Waals surface area contributed by atoms with Gasteiger partial charge in [-0.15, -0.1) is 0 Å². The quantitative estimate of drug-likeness (QED) is 0.130. The molecule has 0 aromatic heterocycles. The summed E-state index contributed by atoms with van der Waals surface area (Å²) in [6.45, 7) is 0. The van der Waals surface area contributed by atoms with E-state index in [0.29, 0.717) is 0 Å². The Labute approximate surface area is 240 Å². The fourth-order valence-electron chi connectivity index (χ4n) is 5.66. The molecule has 4 aromatic carbocycles. The molecule has 2 aliphatic rings. The summed E-state index contributed by atoms with van der Waals surface area (Å²) in [5, 5.41) is 5.03. The SMILES string of the molecule is O=P(c1ccccc1)(c1ccccc1)[C@H]1C=CCC1.[Fe].c1ccc(P(c2ccccc2)C2CCCC2)cc1. The number of hydrogen-bond donors (Lipinski definition) is 0. The molecule has 2 aliphatic carbocycles. The first-order chi connectivity index (χ1) is 18.3. The molecule has 0 heterocycles. The molecule has 196 valence electrons. The van der Waals surface area contributed by atoms with Crippen molar-refractivity contribution in [2.24, 2.45) is 0 Å². The van der Waals surface area contributed by atoms with Crippen molar-refractivity contribution in [1.82, 2.24) is 0 Å². The van der Waals surface area contributed by atoms with E-state index in [-0.39, 0.29) is 30.6 Å². The second-order valence-corrected chi connectivity index (χ2v) is 15.4. The summed E-state index contributed by atoms with van der Waals surface area (Å²) in [7, 11) is -2.71. The average molecular weight is 578 g/mol. The molecule has 0 unspecified atom stereocenters. The molecule has 1 saturated carbocycles. The van der Waals surface area contributed by atoms with E-state index in [2.05, 4.69) is 72.8 Å². The fourth-order valence-corrected chi connectivity index (χ4v) is 11.8. The van der Waals surface area contributed by atoms with Gasteiger partial charge >= 0.3 is 0 Å². The Hall–Kier alpha value is -2.20. The third kappa shape index (κ3) is 6.68. The fraction of sp³-hybridized carbons (Fsp3) is 0.235. The molecule has 0 spiro atoms. The topological polar surface area (TPSA) is 17.1 Å². The normalized spacial score (nSPS) is 17.0. The third-order valence-corrected chi connectivity index (χ3v) is 13.9. The Morgan fingerprint density at radius 3 is 1.39 bits per heavy atom. The first-order valence-corrected chi connectivity index (χ1v) is 16.7. The predicted molar refractivity (Wildman–Crippen MR) is 163 cm³/mol. The molecule has 1 nitrogen and oxygen atoms in total. The minimum absolute atomic E-state index is 0. The van der Waals surface area contributed by atoms with E-state index in [0.717, 1.165) is 29.1 Å². The van der Waals surface area contributed by atoms with Crippen LogP contribution in [0.2, 0.25) is 0 Å². The van der Waals surface area contributed by atoms with E-state index in [1.165, 1.54) is 25.7 Å². The van der Waals surface area contributed by atoms with Gasteiger partial charge in [-0.1, -0.05) is 146 Å². The van der Waals surface area contributed by atoms with E-state index in [1.54, 1.807) is 10.6 Å². The molecule has 38 heavy (non-hydrogen) atoms. The van der Waals surface area contributed by atoms with Gasteiger partial charge in [0.25, 0.3) is 0 Å². The van der Waals surface area contributed by atoms with E-state index >= 15 is 0 Å². The second kappa shape index (κ2) is 14.3. The van der Waals surface area contributed by atoms with E-state index in [9.17, 15) is 4.57 Å². The van der Waals surface area contributed by atoms with Crippen molar-refractivity contribution in [3.63, 3.8) is 0 Å². The maximum atomic E-state index is 13.8. The van der Waals surface area contributed by atoms with Gasteiger partial charge in [0, 0.05) is 33.3 Å². The zero-order valence-electron chi connectivity index (χ0n) is 21.8. The van der Waals surface area contributed by atoms with Crippen molar-refractivity contribution in [2.75, 3.05) is 0 Å². The molecular formula is C34H36FeOP2. The van der Waals surface area contributed by atoms with Crippen molar-refractivity contribution >= 4 is 36.3 Å². The molecule has 0 saturated heterocycles. The minimum Gasteiger partial charge on any atom is -0.313 e. The van der Waals surface area contributed by atoms with Crippen molar-refractivity contribution < 1.29 is 21.6 Å². The van der Waals surface area contributed by atoms with Gasteiger partial charge < -0.3 is 4.57 Å². The predicted octanol–water partition coefficient (Wildman–Crippen LogP) is 7.78. The summed E-state index contributed by atoms with van der Waals surface area (Å²) >= 11 is 0. The number of allylic oxidation sites excluding steroid dienone is 2. The molecule has 1 atom stereocenters. The van der Waals surface area contributed by atoms with Crippen LogP contribution in [0.15, 0.2) is 133 Å². The molecule has 4 heteroatoms. The first-order valence-electron chi connectivity index (χ1n) is 13.5. The van der Waals surface area contributed by atoms with Gasteiger partial charge in [0.1, 0.15) is 7.14 Å². The van der Waals surface area contributed by atoms with Gasteiger partial charge in [-0.2, -0.15) is 0 Å². The molecule has 1 fully saturated rings. The van der Waals surface area contributed by atoms with Crippen LogP contribution in [0.3, 0.4) is 0 Å². The van der Waals surface area contributed by atoms with Crippen LogP contribution in [0.4, 0.5) is 0 Å². The zero-order chi connectivity index (χ0) is 25.3. The molecule has 0 N–H and O–H groups in total. The molecule has 0 amide bonds.